The molecule has 0 unspecified atom stereocenters. The molecule has 1 amide bonds. The summed E-state index contributed by atoms with van der Waals surface area (Å²) in [6, 6.07) is 14.9. The number of para-hydroxylation sites is 1. The molecule has 2 aromatic heterocycles. The van der Waals surface area contributed by atoms with E-state index >= 15 is 0 Å². The molecule has 4 aromatic rings. The summed E-state index contributed by atoms with van der Waals surface area (Å²) in [5.74, 6) is 1.70. The molecule has 0 radical (unpaired) electrons. The normalized spacial score (nSPS) is 15.4. The predicted octanol–water partition coefficient (Wildman–Crippen LogP) is 3.60. The van der Waals surface area contributed by atoms with Gasteiger partial charge in [-0.3, -0.25) is 14.8 Å². The molecule has 164 valence electrons. The fourth-order valence-corrected chi connectivity index (χ4v) is 4.57. The number of nitrogens with zero attached hydrogens (tertiary/aromatic N) is 5. The van der Waals surface area contributed by atoms with Crippen molar-refractivity contribution < 1.29 is 4.79 Å². The van der Waals surface area contributed by atoms with Crippen LogP contribution in [0.3, 0.4) is 0 Å². The summed E-state index contributed by atoms with van der Waals surface area (Å²) in [5.41, 5.74) is 3.53. The van der Waals surface area contributed by atoms with E-state index in [1.165, 1.54) is 21.8 Å². The van der Waals surface area contributed by atoms with Crippen LogP contribution in [0.5, 0.6) is 0 Å². The van der Waals surface area contributed by atoms with Gasteiger partial charge in [-0.2, -0.15) is 5.10 Å². The van der Waals surface area contributed by atoms with Gasteiger partial charge in [0.1, 0.15) is 5.82 Å². The number of nitrogens with one attached hydrogen (secondary N) is 1. The number of amides is 1. The molecule has 7 nitrogen and oxygen atoms in total. The Hall–Kier alpha value is -3.45. The first-order valence-corrected chi connectivity index (χ1v) is 11.2. The zero-order chi connectivity index (χ0) is 22.1. The van der Waals surface area contributed by atoms with Crippen LogP contribution < -0.4 is 0 Å². The van der Waals surface area contributed by atoms with E-state index in [1.54, 1.807) is 6.08 Å². The largest absolute Gasteiger partial charge is 0.341 e. The van der Waals surface area contributed by atoms with Crippen molar-refractivity contribution in [3.8, 4) is 0 Å². The van der Waals surface area contributed by atoms with Crippen LogP contribution in [0.25, 0.3) is 27.9 Å². The van der Waals surface area contributed by atoms with E-state index in [1.807, 2.05) is 17.9 Å². The van der Waals surface area contributed by atoms with Gasteiger partial charge >= 0.3 is 0 Å². The fourth-order valence-electron chi connectivity index (χ4n) is 4.57. The second-order valence-corrected chi connectivity index (χ2v) is 8.31. The number of H-pyrrole nitrogens is 1. The minimum atomic E-state index is 0.0643. The van der Waals surface area contributed by atoms with Gasteiger partial charge in [0.05, 0.1) is 6.54 Å². The Kier molecular flexibility index (Phi) is 5.49. The van der Waals surface area contributed by atoms with Crippen molar-refractivity contribution in [3.05, 3.63) is 65.8 Å². The maximum Gasteiger partial charge on any atom is 0.246 e. The first kappa shape index (κ1) is 20.5. The van der Waals surface area contributed by atoms with Crippen molar-refractivity contribution in [3.63, 3.8) is 0 Å². The second kappa shape index (κ2) is 8.59. The van der Waals surface area contributed by atoms with Crippen molar-refractivity contribution in [1.29, 1.82) is 0 Å². The molecule has 7 heteroatoms. The number of hydrogen-bond acceptors (Lipinski definition) is 4. The lowest BCUT2D eigenvalue weighted by molar-refractivity contribution is -0.127. The van der Waals surface area contributed by atoms with E-state index in [0.29, 0.717) is 6.54 Å². The van der Waals surface area contributed by atoms with E-state index < -0.39 is 0 Å². The van der Waals surface area contributed by atoms with Crippen LogP contribution in [0.4, 0.5) is 0 Å². The van der Waals surface area contributed by atoms with Gasteiger partial charge in [-0.25, -0.2) is 4.98 Å². The van der Waals surface area contributed by atoms with Crippen molar-refractivity contribution in [1.82, 2.24) is 29.5 Å². The van der Waals surface area contributed by atoms with Crippen molar-refractivity contribution in [2.75, 3.05) is 26.2 Å². The molecular formula is C25H28N6O. The van der Waals surface area contributed by atoms with Gasteiger partial charge in [-0.05, 0) is 43.7 Å². The van der Waals surface area contributed by atoms with E-state index in [2.05, 4.69) is 74.0 Å². The molecular weight excluding hydrogens is 400 g/mol. The summed E-state index contributed by atoms with van der Waals surface area (Å²) >= 11 is 0. The summed E-state index contributed by atoms with van der Waals surface area (Å²) in [6.45, 7) is 8.81. The van der Waals surface area contributed by atoms with Crippen LogP contribution in [-0.2, 0) is 17.9 Å². The molecule has 5 rings (SSSR count). The molecule has 1 aliphatic rings. The number of rotatable bonds is 5. The summed E-state index contributed by atoms with van der Waals surface area (Å²) < 4.78 is 2.34. The lowest BCUT2D eigenvalue weighted by Gasteiger charge is -2.33. The highest BCUT2D eigenvalue weighted by Crippen LogP contribution is 2.30. The number of carbonyl (C=O) groups is 1. The van der Waals surface area contributed by atoms with Gasteiger partial charge in [0.2, 0.25) is 5.91 Å². The molecule has 1 fully saturated rings. The molecule has 0 aliphatic carbocycles. The van der Waals surface area contributed by atoms with E-state index in [9.17, 15) is 4.79 Å². The maximum absolute atomic E-state index is 12.8. The third-order valence-electron chi connectivity index (χ3n) is 6.22. The van der Waals surface area contributed by atoms with E-state index in [-0.39, 0.29) is 5.91 Å². The smallest absolute Gasteiger partial charge is 0.246 e. The first-order valence-electron chi connectivity index (χ1n) is 11.2. The molecule has 2 aromatic carbocycles. The van der Waals surface area contributed by atoms with Gasteiger partial charge in [-0.15, -0.1) is 0 Å². The average molecular weight is 429 g/mol. The maximum atomic E-state index is 12.8. The third-order valence-corrected chi connectivity index (χ3v) is 6.22. The summed E-state index contributed by atoms with van der Waals surface area (Å²) in [7, 11) is 0. The van der Waals surface area contributed by atoms with Gasteiger partial charge in [0.15, 0.2) is 5.82 Å². The minimum Gasteiger partial charge on any atom is -0.341 e. The first-order chi connectivity index (χ1) is 15.6. The number of aromatic amines is 1. The monoisotopic (exact) mass is 428 g/mol. The zero-order valence-electron chi connectivity index (χ0n) is 18.6. The highest BCUT2D eigenvalue weighted by molar-refractivity contribution is 6.08. The van der Waals surface area contributed by atoms with Crippen molar-refractivity contribution in [2.45, 2.75) is 26.9 Å². The molecule has 1 saturated heterocycles. The highest BCUT2D eigenvalue weighted by Gasteiger charge is 2.20. The van der Waals surface area contributed by atoms with Gasteiger partial charge < -0.3 is 9.47 Å². The Balaban J connectivity index is 1.26. The van der Waals surface area contributed by atoms with Crippen LogP contribution in [0.15, 0.2) is 48.5 Å². The number of benzene rings is 2. The van der Waals surface area contributed by atoms with Crippen LogP contribution >= 0.6 is 0 Å². The molecule has 0 atom stereocenters. The van der Waals surface area contributed by atoms with Crippen molar-refractivity contribution >= 4 is 33.8 Å². The quantitative estimate of drug-likeness (QED) is 0.493. The molecule has 1 aliphatic heterocycles. The molecule has 3 heterocycles. The third kappa shape index (κ3) is 3.91. The van der Waals surface area contributed by atoms with E-state index in [4.69, 9.17) is 0 Å². The number of hydrogen-bond donors (Lipinski definition) is 1. The molecule has 0 saturated carbocycles. The Morgan fingerprint density at radius 1 is 1.06 bits per heavy atom. The van der Waals surface area contributed by atoms with E-state index in [0.717, 1.165) is 49.9 Å². The summed E-state index contributed by atoms with van der Waals surface area (Å²) in [4.78, 5) is 21.3. The molecule has 0 spiro atoms. The van der Waals surface area contributed by atoms with Gasteiger partial charge in [-0.1, -0.05) is 24.3 Å². The minimum absolute atomic E-state index is 0.0643. The number of fused-ring (bicyclic) bond motifs is 3. The highest BCUT2D eigenvalue weighted by atomic mass is 16.2. The average Bonchev–Trinajstić information content (AvgIpc) is 3.37. The van der Waals surface area contributed by atoms with Crippen molar-refractivity contribution in [2.24, 2.45) is 0 Å². The Morgan fingerprint density at radius 2 is 1.84 bits per heavy atom. The van der Waals surface area contributed by atoms with Gasteiger partial charge in [0, 0.05) is 60.6 Å². The second-order valence-electron chi connectivity index (χ2n) is 8.31. The Bertz CT molecular complexity index is 1290. The number of carbonyl (C=O) groups excluding carboxylic acids is 1. The van der Waals surface area contributed by atoms with Crippen LogP contribution in [0.2, 0.25) is 0 Å². The predicted molar refractivity (Wildman–Crippen MR) is 127 cm³/mol. The Morgan fingerprint density at radius 3 is 2.59 bits per heavy atom. The molecule has 0 bridgehead atoms. The topological polar surface area (TPSA) is 70.1 Å². The SMILES string of the molecule is CCn1c2ccccc2c2cc(/C=C/C(=O)N3CCN(Cc4n[nH]c(C)n4)CC3)ccc21. The Labute approximate surface area is 187 Å². The number of aromatic nitrogens is 4. The zero-order valence-corrected chi connectivity index (χ0v) is 18.6. The molecule has 32 heavy (non-hydrogen) atoms. The fraction of sp³-hybridized carbons (Fsp3) is 0.320. The standard InChI is InChI=1S/C25H28N6O/c1-3-31-22-7-5-4-6-20(22)21-16-19(8-10-23(21)31)9-11-25(32)30-14-12-29(13-15-30)17-24-26-18(2)27-28-24/h4-11,16H,3,12-15,17H2,1-2H3,(H,26,27,28)/b11-9+. The lowest BCUT2D eigenvalue weighted by atomic mass is 10.1. The summed E-state index contributed by atoms with van der Waals surface area (Å²) in [6.07, 6.45) is 3.64. The number of aryl methyl sites for hydroxylation is 2. The van der Waals surface area contributed by atoms with Crippen LogP contribution in [-0.4, -0.2) is 61.6 Å². The molecule has 1 N–H and O–H groups in total. The van der Waals surface area contributed by atoms with Crippen LogP contribution in [0.1, 0.15) is 24.1 Å². The lowest BCUT2D eigenvalue weighted by Crippen LogP contribution is -2.47. The summed E-state index contributed by atoms with van der Waals surface area (Å²) in [5, 5.41) is 9.57. The van der Waals surface area contributed by atoms with Gasteiger partial charge in [0.25, 0.3) is 0 Å². The number of piperazine rings is 1. The van der Waals surface area contributed by atoms with Crippen LogP contribution in [0, 0.1) is 6.92 Å².